The van der Waals surface area contributed by atoms with E-state index in [1.807, 2.05) is 14.1 Å². The molecule has 1 saturated heterocycles. The van der Waals surface area contributed by atoms with Crippen molar-refractivity contribution in [3.05, 3.63) is 0 Å². The molecule has 0 aliphatic carbocycles. The highest BCUT2D eigenvalue weighted by atomic mass is 15.3. The molecule has 1 unspecified atom stereocenters. The van der Waals surface area contributed by atoms with E-state index in [-0.39, 0.29) is 12.0 Å². The van der Waals surface area contributed by atoms with Crippen molar-refractivity contribution in [1.29, 1.82) is 0 Å². The van der Waals surface area contributed by atoms with Crippen LogP contribution in [-0.4, -0.2) is 59.6 Å². The molecule has 3 N–H and O–H groups in total. The molecular weight excluding hydrogens is 254 g/mol. The number of hydrogen-bond donors (Lipinski definition) is 2. The maximum absolute atomic E-state index is 5.80. The predicted molar refractivity (Wildman–Crippen MR) is 81.9 cm³/mol. The fraction of sp³-hybridized carbons (Fsp3) is 0.769. The molecule has 0 amide bonds. The third-order valence-electron chi connectivity index (χ3n) is 3.29. The molecule has 1 fully saturated rings. The topological polar surface area (TPSA) is 83.2 Å². The summed E-state index contributed by atoms with van der Waals surface area (Å²) in [6, 6.07) is 0.251. The molecule has 0 aromatic carbocycles. The highest BCUT2D eigenvalue weighted by molar-refractivity contribution is 5.42. The Labute approximate surface area is 120 Å². The van der Waals surface area contributed by atoms with Crippen LogP contribution < -0.4 is 16.0 Å². The Bertz CT molecular complexity index is 429. The molecule has 1 aliphatic rings. The lowest BCUT2D eigenvalue weighted by molar-refractivity contribution is 0.391. The second kappa shape index (κ2) is 6.69. The van der Waals surface area contributed by atoms with Crippen molar-refractivity contribution in [3.8, 4) is 0 Å². The van der Waals surface area contributed by atoms with Crippen molar-refractivity contribution in [1.82, 2.24) is 19.9 Å². The average Bonchev–Trinajstić information content (AvgIpc) is 2.38. The number of hydrogen-bond acceptors (Lipinski definition) is 7. The first-order valence-electron chi connectivity index (χ1n) is 7.22. The summed E-state index contributed by atoms with van der Waals surface area (Å²) in [5.74, 6) is 1.53. The Kier molecular flexibility index (Phi) is 4.94. The number of nitrogens with zero attached hydrogens (tertiary/aromatic N) is 5. The second-order valence-corrected chi connectivity index (χ2v) is 5.67. The zero-order valence-electron chi connectivity index (χ0n) is 12.6. The minimum absolute atomic E-state index is 0.251. The third kappa shape index (κ3) is 4.19. The van der Waals surface area contributed by atoms with Crippen molar-refractivity contribution >= 4 is 17.8 Å². The molecule has 20 heavy (non-hydrogen) atoms. The van der Waals surface area contributed by atoms with Gasteiger partial charge in [0.1, 0.15) is 0 Å². The van der Waals surface area contributed by atoms with Crippen LogP contribution in [0.2, 0.25) is 0 Å². The van der Waals surface area contributed by atoms with E-state index >= 15 is 0 Å². The van der Waals surface area contributed by atoms with Crippen LogP contribution in [0.15, 0.2) is 0 Å². The number of nitrogen functional groups attached to an aromatic ring is 1. The number of piperidine rings is 1. The Balaban J connectivity index is 2.07. The lowest BCUT2D eigenvalue weighted by atomic mass is 10.1. The van der Waals surface area contributed by atoms with E-state index in [4.69, 9.17) is 5.73 Å². The minimum Gasteiger partial charge on any atom is -0.368 e. The van der Waals surface area contributed by atoms with E-state index in [0.717, 1.165) is 19.6 Å². The summed E-state index contributed by atoms with van der Waals surface area (Å²) in [5.41, 5.74) is 5.80. The van der Waals surface area contributed by atoms with Gasteiger partial charge in [0.05, 0.1) is 0 Å². The molecule has 7 heteroatoms. The van der Waals surface area contributed by atoms with Gasteiger partial charge in [0, 0.05) is 25.7 Å². The van der Waals surface area contributed by atoms with Gasteiger partial charge < -0.3 is 20.9 Å². The normalized spacial score (nSPS) is 17.3. The first-order chi connectivity index (χ1) is 9.54. The maximum atomic E-state index is 5.80. The maximum Gasteiger partial charge on any atom is 0.231 e. The van der Waals surface area contributed by atoms with Gasteiger partial charge in [-0.3, -0.25) is 0 Å². The Morgan fingerprint density at radius 2 is 1.90 bits per heavy atom. The summed E-state index contributed by atoms with van der Waals surface area (Å²) in [7, 11) is 4.08. The van der Waals surface area contributed by atoms with Crippen LogP contribution in [0.4, 0.5) is 17.8 Å². The molecule has 0 spiro atoms. The summed E-state index contributed by atoms with van der Waals surface area (Å²) in [6.07, 6.45) is 3.65. The molecule has 1 aromatic rings. The monoisotopic (exact) mass is 279 g/mol. The predicted octanol–water partition coefficient (Wildman–Crippen LogP) is 0.806. The second-order valence-electron chi connectivity index (χ2n) is 5.67. The zero-order chi connectivity index (χ0) is 14.5. The highest BCUT2D eigenvalue weighted by Crippen LogP contribution is 2.17. The summed E-state index contributed by atoms with van der Waals surface area (Å²) in [4.78, 5) is 17.2. The molecule has 7 nitrogen and oxygen atoms in total. The van der Waals surface area contributed by atoms with Crippen molar-refractivity contribution in [3.63, 3.8) is 0 Å². The SMILES string of the molecule is CC(CN(C)C)Nc1nc(N)nc(N2CCCCC2)n1. The van der Waals surface area contributed by atoms with Crippen molar-refractivity contribution in [2.45, 2.75) is 32.2 Å². The largest absolute Gasteiger partial charge is 0.368 e. The first kappa shape index (κ1) is 14.8. The lowest BCUT2D eigenvalue weighted by Gasteiger charge is -2.27. The number of anilines is 3. The molecule has 2 rings (SSSR count). The van der Waals surface area contributed by atoms with E-state index in [1.54, 1.807) is 0 Å². The minimum atomic E-state index is 0.251. The summed E-state index contributed by atoms with van der Waals surface area (Å²) < 4.78 is 0. The van der Waals surface area contributed by atoms with Gasteiger partial charge in [0.15, 0.2) is 0 Å². The molecule has 112 valence electrons. The van der Waals surface area contributed by atoms with Crippen LogP contribution in [0.25, 0.3) is 0 Å². The number of aromatic nitrogens is 3. The molecular formula is C13H25N7. The number of likely N-dealkylation sites (N-methyl/N-ethyl adjacent to an activating group) is 1. The molecule has 0 bridgehead atoms. The Morgan fingerprint density at radius 1 is 1.20 bits per heavy atom. The fourth-order valence-corrected chi connectivity index (χ4v) is 2.49. The van der Waals surface area contributed by atoms with E-state index in [2.05, 4.69) is 37.0 Å². The average molecular weight is 279 g/mol. The van der Waals surface area contributed by atoms with E-state index in [1.165, 1.54) is 19.3 Å². The molecule has 0 radical (unpaired) electrons. The van der Waals surface area contributed by atoms with Gasteiger partial charge in [0.2, 0.25) is 17.8 Å². The third-order valence-corrected chi connectivity index (χ3v) is 3.29. The van der Waals surface area contributed by atoms with Gasteiger partial charge in [-0.05, 0) is 40.3 Å². The van der Waals surface area contributed by atoms with E-state index in [9.17, 15) is 0 Å². The standard InChI is InChI=1S/C13H25N7/c1-10(9-19(2)3)15-12-16-11(14)17-13(18-12)20-7-5-4-6-8-20/h10H,4-9H2,1-3H3,(H3,14,15,16,17,18). The molecule has 1 aliphatic heterocycles. The number of nitrogens with one attached hydrogen (secondary N) is 1. The summed E-state index contributed by atoms with van der Waals surface area (Å²) in [6.45, 7) is 5.00. The van der Waals surface area contributed by atoms with E-state index in [0.29, 0.717) is 11.9 Å². The first-order valence-corrected chi connectivity index (χ1v) is 7.22. The van der Waals surface area contributed by atoms with Gasteiger partial charge >= 0.3 is 0 Å². The highest BCUT2D eigenvalue weighted by Gasteiger charge is 2.16. The van der Waals surface area contributed by atoms with Crippen molar-refractivity contribution < 1.29 is 0 Å². The van der Waals surface area contributed by atoms with Crippen LogP contribution >= 0.6 is 0 Å². The van der Waals surface area contributed by atoms with Crippen molar-refractivity contribution in [2.24, 2.45) is 0 Å². The van der Waals surface area contributed by atoms with Gasteiger partial charge in [-0.1, -0.05) is 0 Å². The quantitative estimate of drug-likeness (QED) is 0.825. The number of rotatable bonds is 5. The smallest absolute Gasteiger partial charge is 0.231 e. The van der Waals surface area contributed by atoms with Crippen LogP contribution in [0, 0.1) is 0 Å². The van der Waals surface area contributed by atoms with Gasteiger partial charge in [-0.25, -0.2) is 0 Å². The van der Waals surface area contributed by atoms with Gasteiger partial charge in [-0.15, -0.1) is 0 Å². The van der Waals surface area contributed by atoms with E-state index < -0.39 is 0 Å². The van der Waals surface area contributed by atoms with Gasteiger partial charge in [0.25, 0.3) is 0 Å². The molecule has 2 heterocycles. The Hall–Kier alpha value is -1.63. The number of nitrogens with two attached hydrogens (primary N) is 1. The zero-order valence-corrected chi connectivity index (χ0v) is 12.6. The van der Waals surface area contributed by atoms with Crippen LogP contribution in [0.3, 0.4) is 0 Å². The molecule has 1 aromatic heterocycles. The summed E-state index contributed by atoms with van der Waals surface area (Å²) in [5, 5.41) is 3.28. The van der Waals surface area contributed by atoms with Gasteiger partial charge in [-0.2, -0.15) is 15.0 Å². The van der Waals surface area contributed by atoms with Crippen LogP contribution in [0.5, 0.6) is 0 Å². The Morgan fingerprint density at radius 3 is 2.55 bits per heavy atom. The van der Waals surface area contributed by atoms with Crippen LogP contribution in [-0.2, 0) is 0 Å². The lowest BCUT2D eigenvalue weighted by Crippen LogP contribution is -2.33. The fourth-order valence-electron chi connectivity index (χ4n) is 2.49. The van der Waals surface area contributed by atoms with Crippen LogP contribution in [0.1, 0.15) is 26.2 Å². The van der Waals surface area contributed by atoms with Crippen molar-refractivity contribution in [2.75, 3.05) is 49.7 Å². The molecule has 1 atom stereocenters. The molecule has 0 saturated carbocycles. The summed E-state index contributed by atoms with van der Waals surface area (Å²) >= 11 is 0.